The van der Waals surface area contributed by atoms with Gasteiger partial charge in [0.05, 0.1) is 0 Å². The number of piperidine rings is 1. The van der Waals surface area contributed by atoms with Crippen LogP contribution in [0.25, 0.3) is 0 Å². The molecule has 4 nitrogen and oxygen atoms in total. The van der Waals surface area contributed by atoms with Gasteiger partial charge in [0.25, 0.3) is 5.91 Å². The first-order chi connectivity index (χ1) is 9.13. The highest BCUT2D eigenvalue weighted by Crippen LogP contribution is 2.20. The molecule has 102 valence electrons. The number of halogens is 1. The first-order valence-corrected chi connectivity index (χ1v) is 7.51. The average Bonchev–Trinajstić information content (AvgIpc) is 2.46. The number of amides is 2. The topological polar surface area (TPSA) is 63.4 Å². The summed E-state index contributed by atoms with van der Waals surface area (Å²) in [6, 6.07) is 6.95. The molecule has 2 rings (SSSR count). The van der Waals surface area contributed by atoms with Crippen molar-refractivity contribution in [3.63, 3.8) is 0 Å². The number of primary amides is 1. The number of nitrogens with zero attached hydrogens (tertiary/aromatic N) is 1. The van der Waals surface area contributed by atoms with E-state index in [0.29, 0.717) is 18.5 Å². The quantitative estimate of drug-likeness (QED) is 0.865. The van der Waals surface area contributed by atoms with Crippen LogP contribution in [0.15, 0.2) is 24.3 Å². The maximum Gasteiger partial charge on any atom is 0.254 e. The van der Waals surface area contributed by atoms with Gasteiger partial charge in [0, 0.05) is 17.4 Å². The zero-order chi connectivity index (χ0) is 13.8. The molecule has 5 heteroatoms. The van der Waals surface area contributed by atoms with Crippen LogP contribution in [0.3, 0.4) is 0 Å². The SMILES string of the molecule is NC(=O)C1CCCCN1C(=O)c1ccc(CBr)cc1. The minimum Gasteiger partial charge on any atom is -0.368 e. The van der Waals surface area contributed by atoms with Gasteiger partial charge in [-0.2, -0.15) is 0 Å². The van der Waals surface area contributed by atoms with E-state index >= 15 is 0 Å². The Hall–Kier alpha value is -1.36. The van der Waals surface area contributed by atoms with Gasteiger partial charge < -0.3 is 10.6 Å². The summed E-state index contributed by atoms with van der Waals surface area (Å²) in [7, 11) is 0. The van der Waals surface area contributed by atoms with Gasteiger partial charge in [-0.25, -0.2) is 0 Å². The lowest BCUT2D eigenvalue weighted by molar-refractivity contribution is -0.123. The second-order valence-corrected chi connectivity index (χ2v) is 5.30. The number of likely N-dealkylation sites (tertiary alicyclic amines) is 1. The second-order valence-electron chi connectivity index (χ2n) is 4.74. The number of benzene rings is 1. The van der Waals surface area contributed by atoms with Crippen LogP contribution in [0.4, 0.5) is 0 Å². The van der Waals surface area contributed by atoms with Crippen LogP contribution in [0.1, 0.15) is 35.2 Å². The fraction of sp³-hybridized carbons (Fsp3) is 0.429. The average molecular weight is 325 g/mol. The van der Waals surface area contributed by atoms with E-state index in [4.69, 9.17) is 5.73 Å². The molecule has 0 radical (unpaired) electrons. The van der Waals surface area contributed by atoms with Crippen molar-refractivity contribution in [2.45, 2.75) is 30.6 Å². The fourth-order valence-electron chi connectivity index (χ4n) is 2.37. The summed E-state index contributed by atoms with van der Waals surface area (Å²) in [5.41, 5.74) is 7.10. The second kappa shape index (κ2) is 6.19. The predicted octanol–water partition coefficient (Wildman–Crippen LogP) is 2.06. The van der Waals surface area contributed by atoms with Crippen LogP contribution in [-0.4, -0.2) is 29.3 Å². The molecule has 0 aromatic heterocycles. The third-order valence-corrected chi connectivity index (χ3v) is 4.09. The van der Waals surface area contributed by atoms with Gasteiger partial charge in [0.2, 0.25) is 5.91 Å². The minimum absolute atomic E-state index is 0.107. The molecule has 1 heterocycles. The van der Waals surface area contributed by atoms with Crippen molar-refractivity contribution in [3.8, 4) is 0 Å². The first-order valence-electron chi connectivity index (χ1n) is 6.38. The van der Waals surface area contributed by atoms with E-state index in [2.05, 4.69) is 15.9 Å². The maximum absolute atomic E-state index is 12.4. The Labute approximate surface area is 121 Å². The van der Waals surface area contributed by atoms with E-state index in [1.165, 1.54) is 0 Å². The number of hydrogen-bond acceptors (Lipinski definition) is 2. The summed E-state index contributed by atoms with van der Waals surface area (Å²) in [4.78, 5) is 25.4. The van der Waals surface area contributed by atoms with Gasteiger partial charge in [-0.15, -0.1) is 0 Å². The number of hydrogen-bond donors (Lipinski definition) is 1. The summed E-state index contributed by atoms with van der Waals surface area (Å²) in [6.07, 6.45) is 2.54. The van der Waals surface area contributed by atoms with Crippen LogP contribution >= 0.6 is 15.9 Å². The highest BCUT2D eigenvalue weighted by atomic mass is 79.9. The summed E-state index contributed by atoms with van der Waals surface area (Å²) >= 11 is 3.37. The van der Waals surface area contributed by atoms with Crippen LogP contribution in [0, 0.1) is 0 Å². The normalized spacial score (nSPS) is 19.2. The molecule has 0 aliphatic carbocycles. The van der Waals surface area contributed by atoms with Crippen molar-refractivity contribution in [2.24, 2.45) is 5.73 Å². The monoisotopic (exact) mass is 324 g/mol. The van der Waals surface area contributed by atoms with E-state index in [1.54, 1.807) is 17.0 Å². The Morgan fingerprint density at radius 3 is 2.53 bits per heavy atom. The highest BCUT2D eigenvalue weighted by molar-refractivity contribution is 9.08. The Morgan fingerprint density at radius 2 is 1.95 bits per heavy atom. The number of carbonyl (C=O) groups excluding carboxylic acids is 2. The van der Waals surface area contributed by atoms with Gasteiger partial charge in [-0.05, 0) is 37.0 Å². The van der Waals surface area contributed by atoms with Gasteiger partial charge in [0.1, 0.15) is 6.04 Å². The van der Waals surface area contributed by atoms with Crippen LogP contribution in [-0.2, 0) is 10.1 Å². The van der Waals surface area contributed by atoms with E-state index in [-0.39, 0.29) is 5.91 Å². The summed E-state index contributed by atoms with van der Waals surface area (Å²) < 4.78 is 0. The van der Waals surface area contributed by atoms with Crippen LogP contribution < -0.4 is 5.73 Å². The maximum atomic E-state index is 12.4. The lowest BCUT2D eigenvalue weighted by Crippen LogP contribution is -2.50. The van der Waals surface area contributed by atoms with Crippen molar-refractivity contribution in [1.29, 1.82) is 0 Å². The van der Waals surface area contributed by atoms with Crippen molar-refractivity contribution >= 4 is 27.7 Å². The van der Waals surface area contributed by atoms with Crippen molar-refractivity contribution in [2.75, 3.05) is 6.54 Å². The Bertz CT molecular complexity index is 473. The lowest BCUT2D eigenvalue weighted by atomic mass is 10.00. The third-order valence-electron chi connectivity index (χ3n) is 3.45. The minimum atomic E-state index is -0.461. The van der Waals surface area contributed by atoms with E-state index < -0.39 is 11.9 Å². The molecule has 1 aliphatic heterocycles. The fourth-order valence-corrected chi connectivity index (χ4v) is 2.75. The molecule has 2 amide bonds. The molecule has 2 N–H and O–H groups in total. The van der Waals surface area contributed by atoms with Gasteiger partial charge in [-0.3, -0.25) is 9.59 Å². The molecule has 19 heavy (non-hydrogen) atoms. The molecule has 1 unspecified atom stereocenters. The predicted molar refractivity (Wildman–Crippen MR) is 76.9 cm³/mol. The van der Waals surface area contributed by atoms with E-state index in [0.717, 1.165) is 23.7 Å². The zero-order valence-corrected chi connectivity index (χ0v) is 12.2. The molecule has 1 aromatic carbocycles. The van der Waals surface area contributed by atoms with Crippen molar-refractivity contribution in [3.05, 3.63) is 35.4 Å². The Balaban J connectivity index is 2.18. The molecule has 0 bridgehead atoms. The number of alkyl halides is 1. The summed E-state index contributed by atoms with van der Waals surface area (Å²) in [5, 5.41) is 0.759. The van der Waals surface area contributed by atoms with Crippen molar-refractivity contribution < 1.29 is 9.59 Å². The Kier molecular flexibility index (Phi) is 4.58. The molecule has 1 saturated heterocycles. The number of rotatable bonds is 3. The van der Waals surface area contributed by atoms with Gasteiger partial charge in [0.15, 0.2) is 0 Å². The van der Waals surface area contributed by atoms with Gasteiger partial charge >= 0.3 is 0 Å². The summed E-state index contributed by atoms with van der Waals surface area (Å²) in [6.45, 7) is 0.604. The zero-order valence-electron chi connectivity index (χ0n) is 10.6. The largest absolute Gasteiger partial charge is 0.368 e. The standard InChI is InChI=1S/C14H17BrN2O2/c15-9-10-4-6-11(7-5-10)14(19)17-8-2-1-3-12(17)13(16)18/h4-7,12H,1-3,8-9H2,(H2,16,18). The third kappa shape index (κ3) is 3.15. The van der Waals surface area contributed by atoms with Crippen LogP contribution in [0.5, 0.6) is 0 Å². The molecule has 0 spiro atoms. The highest BCUT2D eigenvalue weighted by Gasteiger charge is 2.30. The number of nitrogens with two attached hydrogens (primary N) is 1. The molecular weight excluding hydrogens is 308 g/mol. The molecule has 1 atom stereocenters. The molecule has 1 aromatic rings. The smallest absolute Gasteiger partial charge is 0.254 e. The molecular formula is C14H17BrN2O2. The van der Waals surface area contributed by atoms with E-state index in [1.807, 2.05) is 12.1 Å². The molecule has 0 saturated carbocycles. The Morgan fingerprint density at radius 1 is 1.26 bits per heavy atom. The lowest BCUT2D eigenvalue weighted by Gasteiger charge is -2.33. The van der Waals surface area contributed by atoms with Crippen molar-refractivity contribution in [1.82, 2.24) is 4.90 Å². The molecule has 1 aliphatic rings. The first kappa shape index (κ1) is 14.1. The summed E-state index contributed by atoms with van der Waals surface area (Å²) in [5.74, 6) is -0.519. The van der Waals surface area contributed by atoms with E-state index in [9.17, 15) is 9.59 Å². The van der Waals surface area contributed by atoms with Crippen LogP contribution in [0.2, 0.25) is 0 Å². The molecule has 1 fully saturated rings. The van der Waals surface area contributed by atoms with Gasteiger partial charge in [-0.1, -0.05) is 28.1 Å². The number of carbonyl (C=O) groups is 2.